The molecule has 0 aromatic carbocycles. The van der Waals surface area contributed by atoms with Crippen molar-refractivity contribution in [1.29, 1.82) is 0 Å². The zero-order chi connectivity index (χ0) is 11.5. The first-order chi connectivity index (χ1) is 6.92. The molecule has 3 nitrogen and oxygen atoms in total. The van der Waals surface area contributed by atoms with E-state index >= 15 is 0 Å². The van der Waals surface area contributed by atoms with Gasteiger partial charge in [-0.25, -0.2) is 0 Å². The molecule has 0 fully saturated rings. The van der Waals surface area contributed by atoms with Gasteiger partial charge in [-0.05, 0) is 11.6 Å². The minimum absolute atomic E-state index is 0.0372. The summed E-state index contributed by atoms with van der Waals surface area (Å²) < 4.78 is 35.9. The number of carbonyl (C=O) groups excluding carboxylic acids is 1. The maximum atomic E-state index is 12.0. The maximum Gasteiger partial charge on any atom is 0.393 e. The quantitative estimate of drug-likeness (QED) is 0.818. The van der Waals surface area contributed by atoms with Gasteiger partial charge in [-0.1, -0.05) is 6.07 Å². The van der Waals surface area contributed by atoms with Crippen LogP contribution in [0, 0.1) is 0 Å². The first kappa shape index (κ1) is 11.5. The number of aromatic nitrogens is 1. The van der Waals surface area contributed by atoms with E-state index in [-0.39, 0.29) is 11.3 Å². The lowest BCUT2D eigenvalue weighted by atomic mass is 10.2. The summed E-state index contributed by atoms with van der Waals surface area (Å²) in [5.74, 6) is -0.423. The van der Waals surface area contributed by atoms with Crippen LogP contribution in [0.5, 0.6) is 0 Å². The van der Waals surface area contributed by atoms with Crippen LogP contribution < -0.4 is 5.32 Å². The third-order valence-corrected chi connectivity index (χ3v) is 1.69. The lowest BCUT2D eigenvalue weighted by molar-refractivity contribution is -0.127. The highest BCUT2D eigenvalue weighted by Gasteiger charge is 2.27. The van der Waals surface area contributed by atoms with E-state index in [1.165, 1.54) is 19.2 Å². The Morgan fingerprint density at radius 3 is 2.53 bits per heavy atom. The molecule has 1 aromatic rings. The van der Waals surface area contributed by atoms with Crippen molar-refractivity contribution in [1.82, 2.24) is 10.3 Å². The SMILES string of the molecule is CNC(=O)c1ccc(CC(F)(F)F)cn1. The highest BCUT2D eigenvalue weighted by molar-refractivity contribution is 5.91. The zero-order valence-electron chi connectivity index (χ0n) is 7.93. The van der Waals surface area contributed by atoms with Gasteiger partial charge in [0.05, 0.1) is 6.42 Å². The van der Waals surface area contributed by atoms with E-state index in [0.29, 0.717) is 0 Å². The van der Waals surface area contributed by atoms with Gasteiger partial charge >= 0.3 is 6.18 Å². The molecule has 0 aliphatic rings. The maximum absolute atomic E-state index is 12.0. The van der Waals surface area contributed by atoms with Crippen molar-refractivity contribution in [3.05, 3.63) is 29.6 Å². The number of halogens is 3. The van der Waals surface area contributed by atoms with Crippen molar-refractivity contribution >= 4 is 5.91 Å². The monoisotopic (exact) mass is 218 g/mol. The molecule has 0 saturated carbocycles. The highest BCUT2D eigenvalue weighted by atomic mass is 19.4. The van der Waals surface area contributed by atoms with E-state index in [1.54, 1.807) is 0 Å². The number of nitrogens with one attached hydrogen (secondary N) is 1. The number of nitrogens with zero attached hydrogens (tertiary/aromatic N) is 1. The van der Waals surface area contributed by atoms with Crippen molar-refractivity contribution in [2.24, 2.45) is 0 Å². The van der Waals surface area contributed by atoms with Crippen molar-refractivity contribution in [2.75, 3.05) is 7.05 Å². The van der Waals surface area contributed by atoms with Crippen molar-refractivity contribution in [3.8, 4) is 0 Å². The second-order valence-electron chi connectivity index (χ2n) is 2.92. The summed E-state index contributed by atoms with van der Waals surface area (Å²) in [6.07, 6.45) is -4.23. The fraction of sp³-hybridized carbons (Fsp3) is 0.333. The molecule has 6 heteroatoms. The van der Waals surface area contributed by atoms with Crippen LogP contribution >= 0.6 is 0 Å². The Hall–Kier alpha value is -1.59. The molecule has 0 radical (unpaired) electrons. The molecule has 1 N–H and O–H groups in total. The van der Waals surface area contributed by atoms with Gasteiger partial charge in [0.1, 0.15) is 5.69 Å². The molecule has 1 amide bonds. The topological polar surface area (TPSA) is 42.0 Å². The molecule has 0 atom stereocenters. The van der Waals surface area contributed by atoms with E-state index in [1.807, 2.05) is 0 Å². The zero-order valence-corrected chi connectivity index (χ0v) is 7.93. The largest absolute Gasteiger partial charge is 0.393 e. The molecule has 0 aliphatic carbocycles. The summed E-state index contributed by atoms with van der Waals surface area (Å²) in [5.41, 5.74) is 0.138. The van der Waals surface area contributed by atoms with E-state index < -0.39 is 18.5 Å². The average Bonchev–Trinajstić information content (AvgIpc) is 2.15. The summed E-state index contributed by atoms with van der Waals surface area (Å²) in [6, 6.07) is 2.50. The number of carbonyl (C=O) groups is 1. The van der Waals surface area contributed by atoms with Crippen LogP contribution in [0.1, 0.15) is 16.1 Å². The van der Waals surface area contributed by atoms with Crippen LogP contribution in [0.4, 0.5) is 13.2 Å². The Labute approximate surface area is 84.3 Å². The Balaban J connectivity index is 2.77. The predicted molar refractivity (Wildman–Crippen MR) is 47.4 cm³/mol. The number of amides is 1. The van der Waals surface area contributed by atoms with Gasteiger partial charge < -0.3 is 5.32 Å². The second-order valence-corrected chi connectivity index (χ2v) is 2.92. The molecule has 82 valence electrons. The number of hydrogen-bond acceptors (Lipinski definition) is 2. The number of rotatable bonds is 2. The normalized spacial score (nSPS) is 11.2. The smallest absolute Gasteiger partial charge is 0.354 e. The number of pyridine rings is 1. The minimum atomic E-state index is -4.25. The van der Waals surface area contributed by atoms with Crippen LogP contribution in [0.2, 0.25) is 0 Å². The van der Waals surface area contributed by atoms with Gasteiger partial charge in [-0.2, -0.15) is 13.2 Å². The second kappa shape index (κ2) is 4.29. The summed E-state index contributed by atoms with van der Waals surface area (Å²) in [6.45, 7) is 0. The standard InChI is InChI=1S/C9H9F3N2O/c1-13-8(15)7-3-2-6(5-14-7)4-9(10,11)12/h2-3,5H,4H2,1H3,(H,13,15). The van der Waals surface area contributed by atoms with Crippen LogP contribution in [0.25, 0.3) is 0 Å². The van der Waals surface area contributed by atoms with Crippen molar-refractivity contribution in [3.63, 3.8) is 0 Å². The molecule has 0 aliphatic heterocycles. The lowest BCUT2D eigenvalue weighted by Crippen LogP contribution is -2.19. The average molecular weight is 218 g/mol. The van der Waals surface area contributed by atoms with Gasteiger partial charge in [0.2, 0.25) is 0 Å². The van der Waals surface area contributed by atoms with Crippen LogP contribution in [-0.4, -0.2) is 24.1 Å². The first-order valence-electron chi connectivity index (χ1n) is 4.16. The van der Waals surface area contributed by atoms with Gasteiger partial charge in [0.15, 0.2) is 0 Å². The van der Waals surface area contributed by atoms with Gasteiger partial charge in [0, 0.05) is 13.2 Å². The van der Waals surface area contributed by atoms with E-state index in [9.17, 15) is 18.0 Å². The van der Waals surface area contributed by atoms with Crippen LogP contribution in [0.15, 0.2) is 18.3 Å². The fourth-order valence-corrected chi connectivity index (χ4v) is 1.02. The Morgan fingerprint density at radius 2 is 2.13 bits per heavy atom. The summed E-state index contributed by atoms with van der Waals surface area (Å²) in [4.78, 5) is 14.6. The Kier molecular flexibility index (Phi) is 3.28. The number of hydrogen-bond donors (Lipinski definition) is 1. The van der Waals surface area contributed by atoms with Crippen molar-refractivity contribution in [2.45, 2.75) is 12.6 Å². The van der Waals surface area contributed by atoms with Crippen LogP contribution in [0.3, 0.4) is 0 Å². The molecule has 1 rings (SSSR count). The minimum Gasteiger partial charge on any atom is -0.354 e. The Morgan fingerprint density at radius 1 is 1.47 bits per heavy atom. The summed E-state index contributed by atoms with van der Waals surface area (Å²) in [7, 11) is 1.42. The summed E-state index contributed by atoms with van der Waals surface area (Å²) >= 11 is 0. The summed E-state index contributed by atoms with van der Waals surface area (Å²) in [5, 5.41) is 2.33. The highest BCUT2D eigenvalue weighted by Crippen LogP contribution is 2.20. The third-order valence-electron chi connectivity index (χ3n) is 1.69. The molecular weight excluding hydrogens is 209 g/mol. The third kappa shape index (κ3) is 3.57. The number of alkyl halides is 3. The molecule has 1 heterocycles. The van der Waals surface area contributed by atoms with Gasteiger partial charge in [-0.15, -0.1) is 0 Å². The molecule has 1 aromatic heterocycles. The van der Waals surface area contributed by atoms with E-state index in [2.05, 4.69) is 10.3 Å². The van der Waals surface area contributed by atoms with E-state index in [0.717, 1.165) is 6.20 Å². The first-order valence-corrected chi connectivity index (χ1v) is 4.16. The molecule has 0 saturated heterocycles. The lowest BCUT2D eigenvalue weighted by Gasteiger charge is -2.06. The molecule has 0 bridgehead atoms. The molecular formula is C9H9F3N2O. The van der Waals surface area contributed by atoms with Crippen LogP contribution in [-0.2, 0) is 6.42 Å². The van der Waals surface area contributed by atoms with Gasteiger partial charge in [-0.3, -0.25) is 9.78 Å². The molecule has 0 spiro atoms. The van der Waals surface area contributed by atoms with Crippen molar-refractivity contribution < 1.29 is 18.0 Å². The van der Waals surface area contributed by atoms with E-state index in [4.69, 9.17) is 0 Å². The predicted octanol–water partition coefficient (Wildman–Crippen LogP) is 1.55. The van der Waals surface area contributed by atoms with Gasteiger partial charge in [0.25, 0.3) is 5.91 Å². The Bertz CT molecular complexity index is 345. The molecule has 15 heavy (non-hydrogen) atoms. The fourth-order valence-electron chi connectivity index (χ4n) is 1.02. The molecule has 0 unspecified atom stereocenters.